The lowest BCUT2D eigenvalue weighted by Crippen LogP contribution is -2.15. The Hall–Kier alpha value is -0.640. The molecule has 0 spiro atoms. The summed E-state index contributed by atoms with van der Waals surface area (Å²) >= 11 is 1.53. The van der Waals surface area contributed by atoms with Crippen molar-refractivity contribution in [3.05, 3.63) is 5.82 Å². The Morgan fingerprint density at radius 1 is 1.44 bits per heavy atom. The van der Waals surface area contributed by atoms with Crippen LogP contribution in [-0.2, 0) is 0 Å². The first-order valence-electron chi connectivity index (χ1n) is 6.39. The van der Waals surface area contributed by atoms with Crippen LogP contribution < -0.4 is 5.32 Å². The van der Waals surface area contributed by atoms with E-state index < -0.39 is 0 Å². The second kappa shape index (κ2) is 3.99. The summed E-state index contributed by atoms with van der Waals surface area (Å²) in [5, 5.41) is 4.51. The molecule has 3 rings (SSSR count). The summed E-state index contributed by atoms with van der Waals surface area (Å²) in [6, 6.07) is 0. The maximum absolute atomic E-state index is 4.56. The van der Waals surface area contributed by atoms with Crippen LogP contribution in [0.5, 0.6) is 0 Å². The van der Waals surface area contributed by atoms with E-state index >= 15 is 0 Å². The summed E-state index contributed by atoms with van der Waals surface area (Å²) in [6.07, 6.45) is 8.01. The van der Waals surface area contributed by atoms with Crippen LogP contribution in [0.2, 0.25) is 0 Å². The number of hydrogen-bond acceptors (Lipinski definition) is 4. The lowest BCUT2D eigenvalue weighted by molar-refractivity contribution is 0.485. The summed E-state index contributed by atoms with van der Waals surface area (Å²) in [6.45, 7) is 3.37. The third-order valence-corrected chi connectivity index (χ3v) is 4.42. The number of aromatic nitrogens is 2. The van der Waals surface area contributed by atoms with Crippen LogP contribution in [0, 0.1) is 5.41 Å². The Balaban J connectivity index is 1.53. The van der Waals surface area contributed by atoms with Crippen molar-refractivity contribution in [2.45, 2.75) is 51.4 Å². The molecule has 1 aromatic rings. The number of nitrogens with one attached hydrogen (secondary N) is 1. The van der Waals surface area contributed by atoms with Gasteiger partial charge in [0.2, 0.25) is 5.13 Å². The first-order chi connectivity index (χ1) is 7.81. The molecule has 16 heavy (non-hydrogen) atoms. The van der Waals surface area contributed by atoms with Gasteiger partial charge in [0.25, 0.3) is 0 Å². The van der Waals surface area contributed by atoms with Gasteiger partial charge in [-0.2, -0.15) is 4.37 Å². The van der Waals surface area contributed by atoms with Gasteiger partial charge < -0.3 is 5.32 Å². The quantitative estimate of drug-likeness (QED) is 0.824. The van der Waals surface area contributed by atoms with Crippen molar-refractivity contribution in [1.29, 1.82) is 0 Å². The summed E-state index contributed by atoms with van der Waals surface area (Å²) in [5.41, 5.74) is 0.597. The second-order valence-corrected chi connectivity index (χ2v) is 6.09. The smallest absolute Gasteiger partial charge is 0.202 e. The van der Waals surface area contributed by atoms with E-state index in [1.165, 1.54) is 50.1 Å². The van der Waals surface area contributed by atoms with Gasteiger partial charge in [-0.1, -0.05) is 13.3 Å². The van der Waals surface area contributed by atoms with Crippen molar-refractivity contribution >= 4 is 16.7 Å². The third-order valence-electron chi connectivity index (χ3n) is 3.74. The van der Waals surface area contributed by atoms with Gasteiger partial charge in [0, 0.05) is 24.0 Å². The highest BCUT2D eigenvalue weighted by molar-refractivity contribution is 7.09. The topological polar surface area (TPSA) is 37.8 Å². The molecule has 0 radical (unpaired) electrons. The van der Waals surface area contributed by atoms with E-state index in [1.54, 1.807) is 0 Å². The van der Waals surface area contributed by atoms with Crippen LogP contribution in [0.3, 0.4) is 0 Å². The van der Waals surface area contributed by atoms with E-state index in [-0.39, 0.29) is 0 Å². The minimum absolute atomic E-state index is 0.597. The standard InChI is InChI=1S/C12H19N3S/c1-2-5-12(6-7-12)8-13-11-14-10(15-16-11)9-3-4-9/h9H,2-8H2,1H3,(H,13,14,15). The second-order valence-electron chi connectivity index (χ2n) is 5.34. The van der Waals surface area contributed by atoms with Gasteiger partial charge in [-0.05, 0) is 37.5 Å². The molecule has 88 valence electrons. The molecular weight excluding hydrogens is 218 g/mol. The average Bonchev–Trinajstić information content (AvgIpc) is 3.20. The van der Waals surface area contributed by atoms with Crippen LogP contribution in [0.4, 0.5) is 5.13 Å². The van der Waals surface area contributed by atoms with Crippen LogP contribution in [0.15, 0.2) is 0 Å². The van der Waals surface area contributed by atoms with Crippen LogP contribution in [0.25, 0.3) is 0 Å². The van der Waals surface area contributed by atoms with Crippen LogP contribution in [-0.4, -0.2) is 15.9 Å². The maximum atomic E-state index is 4.56. The number of anilines is 1. The maximum Gasteiger partial charge on any atom is 0.202 e. The van der Waals surface area contributed by atoms with Gasteiger partial charge in [0.1, 0.15) is 5.82 Å². The summed E-state index contributed by atoms with van der Waals surface area (Å²) in [4.78, 5) is 4.56. The van der Waals surface area contributed by atoms with Crippen molar-refractivity contribution in [3.8, 4) is 0 Å². The van der Waals surface area contributed by atoms with Gasteiger partial charge in [-0.15, -0.1) is 0 Å². The van der Waals surface area contributed by atoms with Crippen molar-refractivity contribution in [2.75, 3.05) is 11.9 Å². The number of rotatable bonds is 6. The minimum atomic E-state index is 0.597. The first-order valence-corrected chi connectivity index (χ1v) is 7.16. The summed E-state index contributed by atoms with van der Waals surface area (Å²) in [5.74, 6) is 1.75. The molecule has 0 bridgehead atoms. The minimum Gasteiger partial charge on any atom is -0.360 e. The molecule has 0 atom stereocenters. The van der Waals surface area contributed by atoms with Gasteiger partial charge in [0.05, 0.1) is 0 Å². The summed E-state index contributed by atoms with van der Waals surface area (Å²) < 4.78 is 4.41. The van der Waals surface area contributed by atoms with Crippen molar-refractivity contribution in [2.24, 2.45) is 5.41 Å². The molecule has 3 nitrogen and oxygen atoms in total. The molecule has 0 aliphatic heterocycles. The summed E-state index contributed by atoms with van der Waals surface area (Å²) in [7, 11) is 0. The normalized spacial score (nSPS) is 22.1. The largest absolute Gasteiger partial charge is 0.360 e. The van der Waals surface area contributed by atoms with Crippen molar-refractivity contribution in [3.63, 3.8) is 0 Å². The SMILES string of the molecule is CCCC1(CNc2nc(C3CC3)ns2)CC1. The molecule has 4 heteroatoms. The highest BCUT2D eigenvalue weighted by Crippen LogP contribution is 2.49. The molecule has 0 unspecified atom stereocenters. The zero-order valence-corrected chi connectivity index (χ0v) is 10.6. The van der Waals surface area contributed by atoms with E-state index in [2.05, 4.69) is 21.6 Å². The van der Waals surface area contributed by atoms with Gasteiger partial charge in [-0.3, -0.25) is 0 Å². The number of nitrogens with zero attached hydrogens (tertiary/aromatic N) is 2. The Kier molecular flexibility index (Phi) is 2.62. The Morgan fingerprint density at radius 2 is 2.25 bits per heavy atom. The first kappa shape index (κ1) is 10.5. The molecule has 2 aliphatic carbocycles. The molecule has 1 heterocycles. The fourth-order valence-electron chi connectivity index (χ4n) is 2.30. The monoisotopic (exact) mass is 237 g/mol. The molecule has 0 saturated heterocycles. The molecule has 0 aromatic carbocycles. The molecular formula is C12H19N3S. The van der Waals surface area contributed by atoms with E-state index in [4.69, 9.17) is 0 Å². The van der Waals surface area contributed by atoms with E-state index in [0.717, 1.165) is 17.5 Å². The highest BCUT2D eigenvalue weighted by Gasteiger charge is 2.41. The van der Waals surface area contributed by atoms with Gasteiger partial charge >= 0.3 is 0 Å². The fraction of sp³-hybridized carbons (Fsp3) is 0.833. The van der Waals surface area contributed by atoms with Gasteiger partial charge in [0.15, 0.2) is 0 Å². The van der Waals surface area contributed by atoms with Crippen LogP contribution >= 0.6 is 11.5 Å². The predicted octanol–water partition coefficient (Wildman–Crippen LogP) is 3.41. The Morgan fingerprint density at radius 3 is 2.88 bits per heavy atom. The average molecular weight is 237 g/mol. The fourth-order valence-corrected chi connectivity index (χ4v) is 2.94. The lowest BCUT2D eigenvalue weighted by atomic mass is 10.0. The predicted molar refractivity (Wildman–Crippen MR) is 66.9 cm³/mol. The third kappa shape index (κ3) is 2.21. The molecule has 1 aromatic heterocycles. The molecule has 2 aliphatic rings. The highest BCUT2D eigenvalue weighted by atomic mass is 32.1. The zero-order valence-electron chi connectivity index (χ0n) is 9.83. The van der Waals surface area contributed by atoms with Crippen molar-refractivity contribution in [1.82, 2.24) is 9.36 Å². The van der Waals surface area contributed by atoms with E-state index in [1.807, 2.05) is 0 Å². The zero-order chi connectivity index (χ0) is 11.0. The van der Waals surface area contributed by atoms with Crippen LogP contribution in [0.1, 0.15) is 57.2 Å². The molecule has 0 amide bonds. The van der Waals surface area contributed by atoms with E-state index in [0.29, 0.717) is 11.3 Å². The Bertz CT molecular complexity index is 366. The van der Waals surface area contributed by atoms with Gasteiger partial charge in [-0.25, -0.2) is 4.98 Å². The Labute approximate surface area is 101 Å². The van der Waals surface area contributed by atoms with Crippen molar-refractivity contribution < 1.29 is 0 Å². The molecule has 2 fully saturated rings. The molecule has 1 N–H and O–H groups in total. The van der Waals surface area contributed by atoms with E-state index in [9.17, 15) is 0 Å². The molecule has 2 saturated carbocycles. The number of hydrogen-bond donors (Lipinski definition) is 1. The lowest BCUT2D eigenvalue weighted by Gasteiger charge is -2.13.